The van der Waals surface area contributed by atoms with E-state index in [0.29, 0.717) is 5.56 Å². The fourth-order valence-corrected chi connectivity index (χ4v) is 2.00. The lowest BCUT2D eigenvalue weighted by Gasteiger charge is -2.10. The van der Waals surface area contributed by atoms with Crippen molar-refractivity contribution in [3.05, 3.63) is 62.7 Å². The Kier molecular flexibility index (Phi) is 4.09. The van der Waals surface area contributed by atoms with E-state index in [1.54, 1.807) is 19.1 Å². The molecule has 2 aromatic carbocycles. The first kappa shape index (κ1) is 14.8. The molecule has 0 aliphatic heterocycles. The van der Waals surface area contributed by atoms with Crippen LogP contribution >= 0.6 is 11.6 Å². The first-order chi connectivity index (χ1) is 9.90. The molecule has 7 heteroatoms. The number of ether oxygens (including phenoxy) is 1. The van der Waals surface area contributed by atoms with E-state index < -0.39 is 10.9 Å². The van der Waals surface area contributed by atoms with E-state index >= 15 is 0 Å². The zero-order valence-electron chi connectivity index (χ0n) is 10.9. The molecule has 6 nitrogen and oxygen atoms in total. The van der Waals surface area contributed by atoms with Crippen LogP contribution in [0, 0.1) is 17.0 Å². The lowest BCUT2D eigenvalue weighted by Crippen LogP contribution is -2.02. The number of nitro benzene ring substituents is 1. The van der Waals surface area contributed by atoms with Crippen LogP contribution in [0.3, 0.4) is 0 Å². The molecule has 0 unspecified atom stereocenters. The van der Waals surface area contributed by atoms with E-state index in [4.69, 9.17) is 21.4 Å². The topological polar surface area (TPSA) is 89.7 Å². The van der Waals surface area contributed by atoms with Crippen molar-refractivity contribution in [2.45, 2.75) is 6.92 Å². The summed E-state index contributed by atoms with van der Waals surface area (Å²) in [4.78, 5) is 21.7. The summed E-state index contributed by atoms with van der Waals surface area (Å²) in [6.07, 6.45) is 0. The monoisotopic (exact) mass is 307 g/mol. The van der Waals surface area contributed by atoms with Gasteiger partial charge in [-0.2, -0.15) is 0 Å². The summed E-state index contributed by atoms with van der Waals surface area (Å²) in [6.45, 7) is 1.57. The number of carboxylic acids is 1. The Morgan fingerprint density at radius 2 is 2.00 bits per heavy atom. The molecule has 0 aliphatic rings. The highest BCUT2D eigenvalue weighted by Crippen LogP contribution is 2.35. The van der Waals surface area contributed by atoms with Crippen LogP contribution in [0.15, 0.2) is 36.4 Å². The van der Waals surface area contributed by atoms with E-state index in [1.807, 2.05) is 0 Å². The van der Waals surface area contributed by atoms with E-state index in [1.165, 1.54) is 24.3 Å². The van der Waals surface area contributed by atoms with Gasteiger partial charge in [-0.1, -0.05) is 23.7 Å². The lowest BCUT2D eigenvalue weighted by molar-refractivity contribution is -0.386. The predicted molar refractivity (Wildman–Crippen MR) is 76.3 cm³/mol. The fourth-order valence-electron chi connectivity index (χ4n) is 1.83. The smallest absolute Gasteiger partial charge is 0.339 e. The van der Waals surface area contributed by atoms with Crippen LogP contribution in [0.1, 0.15) is 15.9 Å². The Labute approximate surface area is 124 Å². The highest BCUT2D eigenvalue weighted by molar-refractivity contribution is 6.31. The normalized spacial score (nSPS) is 10.2. The molecule has 0 radical (unpaired) electrons. The molecule has 0 aromatic heterocycles. The number of nitrogens with zero attached hydrogens (tertiary/aromatic N) is 1. The second kappa shape index (κ2) is 5.80. The van der Waals surface area contributed by atoms with Gasteiger partial charge in [-0.15, -0.1) is 0 Å². The number of carboxylic acid groups (broad SMARTS) is 1. The summed E-state index contributed by atoms with van der Waals surface area (Å²) in [6, 6.07) is 8.61. The fraction of sp³-hybridized carbons (Fsp3) is 0.0714. The predicted octanol–water partition coefficient (Wildman–Crippen LogP) is 4.05. The number of benzene rings is 2. The molecule has 0 amide bonds. The molecule has 2 rings (SSSR count). The third-order valence-electron chi connectivity index (χ3n) is 2.78. The number of aryl methyl sites for hydroxylation is 1. The van der Waals surface area contributed by atoms with Gasteiger partial charge in [0, 0.05) is 10.6 Å². The molecular weight excluding hydrogens is 298 g/mol. The van der Waals surface area contributed by atoms with Crippen LogP contribution in [-0.4, -0.2) is 16.0 Å². The third kappa shape index (κ3) is 3.11. The van der Waals surface area contributed by atoms with Crippen molar-refractivity contribution in [2.75, 3.05) is 0 Å². The standard InChI is InChI=1S/C14H10ClNO5/c1-8-3-2-4-12(13(8)16(19)20)21-11-6-5-9(15)7-10(11)14(17)18/h2-7H,1H3,(H,17,18). The quantitative estimate of drug-likeness (QED) is 0.680. The highest BCUT2D eigenvalue weighted by Gasteiger charge is 2.21. The van der Waals surface area contributed by atoms with Gasteiger partial charge < -0.3 is 9.84 Å². The van der Waals surface area contributed by atoms with Gasteiger partial charge in [-0.25, -0.2) is 4.79 Å². The molecule has 0 bridgehead atoms. The zero-order valence-corrected chi connectivity index (χ0v) is 11.6. The molecule has 1 N–H and O–H groups in total. The minimum absolute atomic E-state index is 0.0133. The van der Waals surface area contributed by atoms with Crippen molar-refractivity contribution in [1.29, 1.82) is 0 Å². The van der Waals surface area contributed by atoms with E-state index in [9.17, 15) is 14.9 Å². The Hall–Kier alpha value is -2.60. The van der Waals surface area contributed by atoms with Crippen molar-refractivity contribution in [1.82, 2.24) is 0 Å². The summed E-state index contributed by atoms with van der Waals surface area (Å²) in [7, 11) is 0. The summed E-state index contributed by atoms with van der Waals surface area (Å²) in [5, 5.41) is 20.5. The van der Waals surface area contributed by atoms with Gasteiger partial charge in [-0.05, 0) is 31.2 Å². The van der Waals surface area contributed by atoms with Crippen LogP contribution in [0.2, 0.25) is 5.02 Å². The van der Waals surface area contributed by atoms with Gasteiger partial charge in [0.15, 0.2) is 0 Å². The minimum Gasteiger partial charge on any atom is -0.478 e. The summed E-state index contributed by atoms with van der Waals surface area (Å²) < 4.78 is 5.42. The average molecular weight is 308 g/mol. The first-order valence-corrected chi connectivity index (χ1v) is 6.22. The molecule has 0 saturated carbocycles. The zero-order chi connectivity index (χ0) is 15.6. The van der Waals surface area contributed by atoms with E-state index in [2.05, 4.69) is 0 Å². The lowest BCUT2D eigenvalue weighted by atomic mass is 10.1. The maximum Gasteiger partial charge on any atom is 0.339 e. The Bertz CT molecular complexity index is 729. The van der Waals surface area contributed by atoms with E-state index in [-0.39, 0.29) is 27.8 Å². The number of para-hydroxylation sites is 1. The first-order valence-electron chi connectivity index (χ1n) is 5.85. The van der Waals surface area contributed by atoms with Crippen molar-refractivity contribution >= 4 is 23.3 Å². The van der Waals surface area contributed by atoms with Gasteiger partial charge in [0.1, 0.15) is 11.3 Å². The molecule has 108 valence electrons. The van der Waals surface area contributed by atoms with Crippen LogP contribution in [0.5, 0.6) is 11.5 Å². The van der Waals surface area contributed by atoms with E-state index in [0.717, 1.165) is 0 Å². The number of hydrogen-bond donors (Lipinski definition) is 1. The second-order valence-electron chi connectivity index (χ2n) is 4.23. The number of hydrogen-bond acceptors (Lipinski definition) is 4. The molecule has 0 aliphatic carbocycles. The van der Waals surface area contributed by atoms with Gasteiger partial charge >= 0.3 is 11.7 Å². The maximum absolute atomic E-state index is 11.2. The number of halogens is 1. The largest absolute Gasteiger partial charge is 0.478 e. The van der Waals surface area contributed by atoms with Crippen molar-refractivity contribution in [2.24, 2.45) is 0 Å². The Morgan fingerprint density at radius 1 is 1.29 bits per heavy atom. The van der Waals surface area contributed by atoms with Crippen LogP contribution in [0.25, 0.3) is 0 Å². The summed E-state index contributed by atoms with van der Waals surface area (Å²) in [5.41, 5.74) is 0.0467. The molecule has 0 heterocycles. The second-order valence-corrected chi connectivity index (χ2v) is 4.66. The molecular formula is C14H10ClNO5. The van der Waals surface area contributed by atoms with Crippen molar-refractivity contribution in [3.8, 4) is 11.5 Å². The number of nitro groups is 1. The highest BCUT2D eigenvalue weighted by atomic mass is 35.5. The van der Waals surface area contributed by atoms with Gasteiger partial charge in [-0.3, -0.25) is 10.1 Å². The van der Waals surface area contributed by atoms with Gasteiger partial charge in [0.05, 0.1) is 4.92 Å². The SMILES string of the molecule is Cc1cccc(Oc2ccc(Cl)cc2C(=O)O)c1[N+](=O)[O-]. The maximum atomic E-state index is 11.2. The van der Waals surface area contributed by atoms with Crippen LogP contribution in [-0.2, 0) is 0 Å². The number of carbonyl (C=O) groups is 1. The number of rotatable bonds is 4. The minimum atomic E-state index is -1.23. The molecule has 2 aromatic rings. The molecule has 0 saturated heterocycles. The summed E-state index contributed by atoms with van der Waals surface area (Å²) in [5.74, 6) is -1.27. The summed E-state index contributed by atoms with van der Waals surface area (Å²) >= 11 is 5.74. The Balaban J connectivity index is 2.51. The molecule has 0 spiro atoms. The van der Waals surface area contributed by atoms with Crippen molar-refractivity contribution in [3.63, 3.8) is 0 Å². The van der Waals surface area contributed by atoms with Crippen LogP contribution < -0.4 is 4.74 Å². The van der Waals surface area contributed by atoms with Crippen LogP contribution in [0.4, 0.5) is 5.69 Å². The van der Waals surface area contributed by atoms with Gasteiger partial charge in [0.2, 0.25) is 5.75 Å². The molecule has 0 atom stereocenters. The Morgan fingerprint density at radius 3 is 2.62 bits per heavy atom. The number of aromatic carboxylic acids is 1. The van der Waals surface area contributed by atoms with Crippen molar-refractivity contribution < 1.29 is 19.6 Å². The third-order valence-corrected chi connectivity index (χ3v) is 3.01. The van der Waals surface area contributed by atoms with Gasteiger partial charge in [0.25, 0.3) is 0 Å². The average Bonchev–Trinajstić information content (AvgIpc) is 2.40. The molecule has 0 fully saturated rings. The molecule has 21 heavy (non-hydrogen) atoms.